The van der Waals surface area contributed by atoms with E-state index in [1.165, 1.54) is 6.33 Å². The van der Waals surface area contributed by atoms with E-state index in [1.807, 2.05) is 0 Å². The number of aliphatic hydroxyl groups excluding tert-OH is 1. The summed E-state index contributed by atoms with van der Waals surface area (Å²) in [4.78, 5) is 44.2. The number of rotatable bonds is 10. The van der Waals surface area contributed by atoms with Gasteiger partial charge in [0.1, 0.15) is 30.1 Å². The summed E-state index contributed by atoms with van der Waals surface area (Å²) in [6, 6.07) is 0. The minimum absolute atomic E-state index is 0.0207. The second kappa shape index (κ2) is 11.7. The largest absolute Gasteiger partial charge is 0.490 e. The molecule has 1 aliphatic rings. The fourth-order valence-corrected chi connectivity index (χ4v) is 6.40. The maximum atomic E-state index is 12.0. The van der Waals surface area contributed by atoms with Crippen LogP contribution in [0.4, 0.5) is 5.82 Å². The van der Waals surface area contributed by atoms with Gasteiger partial charge in [-0.3, -0.25) is 4.52 Å². The van der Waals surface area contributed by atoms with Crippen LogP contribution in [0.3, 0.4) is 0 Å². The van der Waals surface area contributed by atoms with Gasteiger partial charge in [-0.1, -0.05) is 11.8 Å². The zero-order valence-electron chi connectivity index (χ0n) is 18.9. The summed E-state index contributed by atoms with van der Waals surface area (Å²) in [6.07, 6.45) is 6.59. The van der Waals surface area contributed by atoms with Crippen LogP contribution in [0.2, 0.25) is 0 Å². The summed E-state index contributed by atoms with van der Waals surface area (Å²) in [7, 11) is -16.6. The van der Waals surface area contributed by atoms with Crippen molar-refractivity contribution >= 4 is 40.3 Å². The van der Waals surface area contributed by atoms with E-state index < -0.39 is 48.5 Å². The molecule has 4 unspecified atom stereocenters. The molecule has 0 amide bonds. The number of aromatic nitrogens is 3. The highest BCUT2D eigenvalue weighted by molar-refractivity contribution is 7.66. The van der Waals surface area contributed by atoms with Crippen LogP contribution in [0, 0.1) is 24.2 Å². The summed E-state index contributed by atoms with van der Waals surface area (Å²) < 4.78 is 53.3. The lowest BCUT2D eigenvalue weighted by molar-refractivity contribution is -0.0421. The second-order valence-electron chi connectivity index (χ2n) is 7.59. The number of phosphoric ester groups is 1. The third-order valence-corrected chi connectivity index (χ3v) is 8.62. The number of anilines is 1. The van der Waals surface area contributed by atoms with Gasteiger partial charge in [-0.25, -0.2) is 23.7 Å². The Balaban J connectivity index is 1.73. The number of fused-ring (bicyclic) bond motifs is 1. The molecule has 0 spiro atoms. The van der Waals surface area contributed by atoms with Gasteiger partial charge in [0.15, 0.2) is 0 Å². The number of ether oxygens (including phenoxy) is 1. The molecule has 0 aromatic carbocycles. The third-order valence-electron chi connectivity index (χ3n) is 4.82. The number of nitrogens with two attached hydrogens (primary N) is 1. The summed E-state index contributed by atoms with van der Waals surface area (Å²) in [5.41, 5.74) is 6.87. The molecule has 1 aliphatic heterocycles. The van der Waals surface area contributed by atoms with Crippen molar-refractivity contribution in [2.75, 3.05) is 12.3 Å². The number of terminal acetylenes is 1. The topological polar surface area (TPSA) is 246 Å². The van der Waals surface area contributed by atoms with Crippen LogP contribution >= 0.6 is 23.5 Å². The fourth-order valence-electron chi connectivity index (χ4n) is 3.37. The molecule has 0 saturated carbocycles. The molecule has 1 fully saturated rings. The van der Waals surface area contributed by atoms with Gasteiger partial charge in [-0.15, -0.1) is 12.3 Å². The molecule has 0 bridgehead atoms. The predicted octanol–water partition coefficient (Wildman–Crippen LogP) is 1.16. The Morgan fingerprint density at radius 2 is 1.89 bits per heavy atom. The first-order valence-electron chi connectivity index (χ1n) is 10.4. The predicted molar refractivity (Wildman–Crippen MR) is 126 cm³/mol. The fraction of sp³-hybridized carbons (Fsp3) is 0.444. The first-order chi connectivity index (χ1) is 17.2. The Morgan fingerprint density at radius 1 is 1.16 bits per heavy atom. The number of nitrogens with zero attached hydrogens (tertiary/aromatic N) is 3. The van der Waals surface area contributed by atoms with Crippen LogP contribution in [0.25, 0.3) is 11.0 Å². The van der Waals surface area contributed by atoms with Crippen LogP contribution in [0.5, 0.6) is 0 Å². The third kappa shape index (κ3) is 8.18. The van der Waals surface area contributed by atoms with E-state index in [-0.39, 0.29) is 12.2 Å². The standard InChI is InChI=1S/C18H23N4O12P3/c1-2-3-4-5-6-7-12-9-22(18-16(12)17(19)20-11-21-18)15-8-13(23)14(32-15)10-31-36(27,28)34-37(29,30)33-35(24,25)26/h1,9,11,13-15,23H,3-5,8,10H2,(H,27,28)(H,29,30)(H2,19,20,21)(H2,24,25,26)/t13?,14-,15?/m1/s1. The molecule has 16 nitrogen and oxygen atoms in total. The molecular weight excluding hydrogens is 557 g/mol. The highest BCUT2D eigenvalue weighted by Gasteiger charge is 2.43. The van der Waals surface area contributed by atoms with Crippen LogP contribution in [-0.2, 0) is 31.6 Å². The molecule has 202 valence electrons. The monoisotopic (exact) mass is 580 g/mol. The Labute approximate surface area is 210 Å². The van der Waals surface area contributed by atoms with Crippen molar-refractivity contribution in [3.05, 3.63) is 18.1 Å². The normalized spacial score (nSPS) is 23.1. The van der Waals surface area contributed by atoms with E-state index in [2.05, 4.69) is 40.9 Å². The summed E-state index contributed by atoms with van der Waals surface area (Å²) in [6.45, 7) is -0.806. The lowest BCUT2D eigenvalue weighted by Crippen LogP contribution is -2.26. The van der Waals surface area contributed by atoms with Gasteiger partial charge in [0, 0.05) is 25.5 Å². The number of hydrogen-bond acceptors (Lipinski definition) is 11. The lowest BCUT2D eigenvalue weighted by Gasteiger charge is -2.19. The molecule has 2 aromatic rings. The van der Waals surface area contributed by atoms with E-state index in [9.17, 15) is 28.6 Å². The molecule has 2 aromatic heterocycles. The first-order valence-corrected chi connectivity index (χ1v) is 14.9. The van der Waals surface area contributed by atoms with Gasteiger partial charge in [0.05, 0.1) is 23.7 Å². The van der Waals surface area contributed by atoms with Crippen molar-refractivity contribution in [1.29, 1.82) is 0 Å². The highest BCUT2D eigenvalue weighted by atomic mass is 31.3. The van der Waals surface area contributed by atoms with Gasteiger partial charge in [0.25, 0.3) is 0 Å². The van der Waals surface area contributed by atoms with Crippen molar-refractivity contribution in [2.45, 2.75) is 44.1 Å². The average molecular weight is 580 g/mol. The highest BCUT2D eigenvalue weighted by Crippen LogP contribution is 2.66. The van der Waals surface area contributed by atoms with Gasteiger partial charge >= 0.3 is 23.5 Å². The quantitative estimate of drug-likeness (QED) is 0.131. The molecule has 3 heterocycles. The van der Waals surface area contributed by atoms with E-state index in [4.69, 9.17) is 26.7 Å². The maximum Gasteiger partial charge on any atom is 0.490 e. The molecule has 3 rings (SSSR count). The SMILES string of the molecule is C#CCCCC#Cc1cn(C2CC(O)[C@@H](COP(=O)(O)OP(=O)(O)OP(=O)(O)O)O2)c2ncnc(N)c12. The molecule has 1 saturated heterocycles. The van der Waals surface area contributed by atoms with Crippen molar-refractivity contribution in [1.82, 2.24) is 14.5 Å². The molecule has 0 aliphatic carbocycles. The smallest absolute Gasteiger partial charge is 0.390 e. The number of phosphoric acid groups is 3. The zero-order chi connectivity index (χ0) is 27.4. The summed E-state index contributed by atoms with van der Waals surface area (Å²) in [5, 5.41) is 10.9. The Morgan fingerprint density at radius 3 is 2.57 bits per heavy atom. The van der Waals surface area contributed by atoms with Crippen molar-refractivity contribution in [3.63, 3.8) is 0 Å². The average Bonchev–Trinajstić information content (AvgIpc) is 3.30. The number of unbranched alkanes of at least 4 members (excludes halogenated alkanes) is 2. The second-order valence-corrected chi connectivity index (χ2v) is 12.0. The molecule has 19 heteroatoms. The van der Waals surface area contributed by atoms with Gasteiger partial charge in [-0.2, -0.15) is 8.62 Å². The van der Waals surface area contributed by atoms with Crippen molar-refractivity contribution in [2.24, 2.45) is 0 Å². The van der Waals surface area contributed by atoms with E-state index in [0.29, 0.717) is 35.9 Å². The van der Waals surface area contributed by atoms with Crippen LogP contribution in [0.1, 0.15) is 37.5 Å². The van der Waals surface area contributed by atoms with E-state index >= 15 is 0 Å². The number of hydrogen-bond donors (Lipinski definition) is 6. The number of aliphatic hydroxyl groups is 1. The van der Waals surface area contributed by atoms with Gasteiger partial charge in [-0.05, 0) is 6.42 Å². The maximum absolute atomic E-state index is 12.0. The summed E-state index contributed by atoms with van der Waals surface area (Å²) in [5.74, 6) is 8.67. The Bertz CT molecular complexity index is 1390. The van der Waals surface area contributed by atoms with E-state index in [1.54, 1.807) is 10.8 Å². The van der Waals surface area contributed by atoms with Crippen LogP contribution in [0.15, 0.2) is 12.5 Å². The van der Waals surface area contributed by atoms with Crippen LogP contribution < -0.4 is 5.73 Å². The number of nitrogen functional groups attached to an aromatic ring is 1. The van der Waals surface area contributed by atoms with Crippen molar-refractivity contribution < 1.29 is 56.3 Å². The van der Waals surface area contributed by atoms with Crippen molar-refractivity contribution in [3.8, 4) is 24.2 Å². The Hall–Kier alpha value is -2.13. The van der Waals surface area contributed by atoms with Gasteiger partial charge < -0.3 is 39.7 Å². The van der Waals surface area contributed by atoms with Crippen LogP contribution in [-0.4, -0.2) is 58.0 Å². The molecule has 37 heavy (non-hydrogen) atoms. The molecule has 7 N–H and O–H groups in total. The van der Waals surface area contributed by atoms with E-state index in [0.717, 1.165) is 0 Å². The Kier molecular flexibility index (Phi) is 9.32. The molecule has 5 atom stereocenters. The zero-order valence-corrected chi connectivity index (χ0v) is 21.5. The lowest BCUT2D eigenvalue weighted by atomic mass is 10.2. The van der Waals surface area contributed by atoms with Gasteiger partial charge in [0.2, 0.25) is 0 Å². The minimum atomic E-state index is -5.67. The minimum Gasteiger partial charge on any atom is -0.390 e. The first kappa shape index (κ1) is 29.4. The summed E-state index contributed by atoms with van der Waals surface area (Å²) >= 11 is 0. The molecule has 0 radical (unpaired) electrons. The molecular formula is C18H23N4O12P3.